The van der Waals surface area contributed by atoms with Gasteiger partial charge in [0.05, 0.1) is 6.04 Å². The summed E-state index contributed by atoms with van der Waals surface area (Å²) in [5.41, 5.74) is 1.16. The number of hydrogen-bond acceptors (Lipinski definition) is 2. The molecule has 0 aliphatic carbocycles. The van der Waals surface area contributed by atoms with E-state index < -0.39 is 0 Å². The van der Waals surface area contributed by atoms with Gasteiger partial charge in [0.25, 0.3) is 0 Å². The van der Waals surface area contributed by atoms with Crippen molar-refractivity contribution in [1.82, 2.24) is 5.32 Å². The van der Waals surface area contributed by atoms with Crippen LogP contribution < -0.4 is 5.32 Å². The van der Waals surface area contributed by atoms with Crippen LogP contribution in [-0.4, -0.2) is 6.54 Å². The van der Waals surface area contributed by atoms with Gasteiger partial charge in [0, 0.05) is 5.39 Å². The maximum absolute atomic E-state index is 6.05. The lowest BCUT2D eigenvalue weighted by molar-refractivity contribution is 0.209. The van der Waals surface area contributed by atoms with Crippen LogP contribution in [0.4, 0.5) is 0 Å². The van der Waals surface area contributed by atoms with E-state index in [1.54, 1.807) is 0 Å². The summed E-state index contributed by atoms with van der Waals surface area (Å²) in [6.45, 7) is 10.1. The van der Waals surface area contributed by atoms with Crippen molar-refractivity contribution in [2.75, 3.05) is 6.54 Å². The molecule has 2 aromatic rings. The van der Waals surface area contributed by atoms with Gasteiger partial charge in [-0.15, -0.1) is 0 Å². The Balaban J connectivity index is 2.36. The predicted molar refractivity (Wildman–Crippen MR) is 81.3 cm³/mol. The van der Waals surface area contributed by atoms with Crippen LogP contribution in [0.1, 0.15) is 52.3 Å². The average molecular weight is 259 g/mol. The quantitative estimate of drug-likeness (QED) is 0.797. The average Bonchev–Trinajstić information content (AvgIpc) is 2.82. The molecular weight excluding hydrogens is 234 g/mol. The molecule has 19 heavy (non-hydrogen) atoms. The Morgan fingerprint density at radius 3 is 2.58 bits per heavy atom. The van der Waals surface area contributed by atoms with Gasteiger partial charge in [-0.2, -0.15) is 0 Å². The third-order valence-corrected chi connectivity index (χ3v) is 4.02. The van der Waals surface area contributed by atoms with Gasteiger partial charge in [0.1, 0.15) is 11.3 Å². The molecule has 0 aliphatic heterocycles. The number of hydrogen-bond donors (Lipinski definition) is 1. The first-order valence-electron chi connectivity index (χ1n) is 7.30. The highest BCUT2D eigenvalue weighted by molar-refractivity contribution is 5.77. The van der Waals surface area contributed by atoms with Crippen molar-refractivity contribution in [2.45, 2.75) is 46.6 Å². The lowest BCUT2D eigenvalue weighted by Crippen LogP contribution is -2.34. The van der Waals surface area contributed by atoms with Gasteiger partial charge in [0.2, 0.25) is 0 Å². The molecule has 1 N–H and O–H groups in total. The van der Waals surface area contributed by atoms with Crippen LogP contribution in [-0.2, 0) is 0 Å². The molecule has 0 amide bonds. The molecule has 1 unspecified atom stereocenters. The number of para-hydroxylation sites is 1. The minimum Gasteiger partial charge on any atom is -0.459 e. The van der Waals surface area contributed by atoms with E-state index in [2.05, 4.69) is 51.2 Å². The van der Waals surface area contributed by atoms with Gasteiger partial charge in [-0.3, -0.25) is 0 Å². The van der Waals surface area contributed by atoms with E-state index in [4.69, 9.17) is 4.42 Å². The maximum Gasteiger partial charge on any atom is 0.134 e. The van der Waals surface area contributed by atoms with Crippen LogP contribution in [0.3, 0.4) is 0 Å². The monoisotopic (exact) mass is 259 g/mol. The summed E-state index contributed by atoms with van der Waals surface area (Å²) in [6, 6.07) is 10.7. The van der Waals surface area contributed by atoms with Crippen LogP contribution in [0.2, 0.25) is 0 Å². The zero-order valence-corrected chi connectivity index (χ0v) is 12.5. The number of benzene rings is 1. The van der Waals surface area contributed by atoms with Crippen LogP contribution in [0.15, 0.2) is 34.7 Å². The van der Waals surface area contributed by atoms with Crippen molar-refractivity contribution in [1.29, 1.82) is 0 Å². The molecule has 0 aliphatic rings. The highest BCUT2D eigenvalue weighted by Crippen LogP contribution is 2.38. The third-order valence-electron chi connectivity index (χ3n) is 4.02. The molecule has 1 aromatic carbocycles. The van der Waals surface area contributed by atoms with E-state index in [-0.39, 0.29) is 11.5 Å². The summed E-state index contributed by atoms with van der Waals surface area (Å²) in [4.78, 5) is 0. The second kappa shape index (κ2) is 5.79. The molecule has 104 valence electrons. The maximum atomic E-state index is 6.05. The normalized spacial score (nSPS) is 13.9. The van der Waals surface area contributed by atoms with E-state index in [9.17, 15) is 0 Å². The van der Waals surface area contributed by atoms with Gasteiger partial charge < -0.3 is 9.73 Å². The van der Waals surface area contributed by atoms with Gasteiger partial charge >= 0.3 is 0 Å². The summed E-state index contributed by atoms with van der Waals surface area (Å²) < 4.78 is 6.05. The smallest absolute Gasteiger partial charge is 0.134 e. The lowest BCUT2D eigenvalue weighted by Gasteiger charge is -2.32. The first-order valence-corrected chi connectivity index (χ1v) is 7.30. The summed E-state index contributed by atoms with van der Waals surface area (Å²) in [6.07, 6.45) is 2.25. The van der Waals surface area contributed by atoms with Gasteiger partial charge in [-0.1, -0.05) is 45.9 Å². The molecule has 0 bridgehead atoms. The zero-order valence-electron chi connectivity index (χ0n) is 12.5. The van der Waals surface area contributed by atoms with E-state index >= 15 is 0 Å². The Morgan fingerprint density at radius 1 is 1.21 bits per heavy atom. The summed E-state index contributed by atoms with van der Waals surface area (Å²) >= 11 is 0. The fourth-order valence-corrected chi connectivity index (χ4v) is 2.40. The summed E-state index contributed by atoms with van der Waals surface area (Å²) in [7, 11) is 0. The summed E-state index contributed by atoms with van der Waals surface area (Å²) in [5, 5.41) is 4.83. The molecule has 1 aromatic heterocycles. The van der Waals surface area contributed by atoms with Crippen molar-refractivity contribution in [3.8, 4) is 0 Å². The van der Waals surface area contributed by atoms with Crippen molar-refractivity contribution >= 4 is 11.0 Å². The largest absolute Gasteiger partial charge is 0.459 e. The predicted octanol–water partition coefficient (Wildman–Crippen LogP) is 4.91. The second-order valence-electron chi connectivity index (χ2n) is 5.92. The minimum absolute atomic E-state index is 0.184. The van der Waals surface area contributed by atoms with Gasteiger partial charge in [-0.25, -0.2) is 0 Å². The number of furan rings is 1. The molecule has 0 radical (unpaired) electrons. The Bertz CT molecular complexity index is 494. The minimum atomic E-state index is 0.184. The molecule has 1 heterocycles. The standard InChI is InChI=1S/C17H25NO/c1-5-11-18-16(17(3,4)6-2)15-12-13-9-7-8-10-14(13)19-15/h7-10,12,16,18H,5-6,11H2,1-4H3. The Labute approximate surface area is 116 Å². The molecule has 0 saturated carbocycles. The number of fused-ring (bicyclic) bond motifs is 1. The Morgan fingerprint density at radius 2 is 1.95 bits per heavy atom. The van der Waals surface area contributed by atoms with Crippen LogP contribution in [0, 0.1) is 5.41 Å². The fraction of sp³-hybridized carbons (Fsp3) is 0.529. The number of nitrogens with one attached hydrogen (secondary N) is 1. The number of rotatable bonds is 6. The van der Waals surface area contributed by atoms with Gasteiger partial charge in [0.15, 0.2) is 0 Å². The second-order valence-corrected chi connectivity index (χ2v) is 5.92. The molecule has 2 nitrogen and oxygen atoms in total. The van der Waals surface area contributed by atoms with E-state index in [0.29, 0.717) is 0 Å². The molecule has 2 heteroatoms. The van der Waals surface area contributed by atoms with E-state index in [0.717, 1.165) is 30.7 Å². The SMILES string of the molecule is CCCNC(c1cc2ccccc2o1)C(C)(C)CC. The topological polar surface area (TPSA) is 25.2 Å². The first-order chi connectivity index (χ1) is 9.08. The van der Waals surface area contributed by atoms with Crippen molar-refractivity contribution in [2.24, 2.45) is 5.41 Å². The summed E-state index contributed by atoms with van der Waals surface area (Å²) in [5.74, 6) is 1.06. The Hall–Kier alpha value is -1.28. The van der Waals surface area contributed by atoms with Crippen LogP contribution in [0.5, 0.6) is 0 Å². The van der Waals surface area contributed by atoms with E-state index in [1.807, 2.05) is 12.1 Å². The molecule has 2 rings (SSSR count). The van der Waals surface area contributed by atoms with E-state index in [1.165, 1.54) is 5.39 Å². The highest BCUT2D eigenvalue weighted by Gasteiger charge is 2.31. The van der Waals surface area contributed by atoms with Crippen LogP contribution >= 0.6 is 0 Å². The first kappa shape index (κ1) is 14.1. The molecular formula is C17H25NO. The van der Waals surface area contributed by atoms with Crippen molar-refractivity contribution in [3.63, 3.8) is 0 Å². The fourth-order valence-electron chi connectivity index (χ4n) is 2.40. The molecule has 1 atom stereocenters. The molecule has 0 spiro atoms. The molecule has 0 fully saturated rings. The van der Waals surface area contributed by atoms with Crippen molar-refractivity contribution in [3.05, 3.63) is 36.1 Å². The van der Waals surface area contributed by atoms with Gasteiger partial charge in [-0.05, 0) is 36.9 Å². The Kier molecular flexibility index (Phi) is 4.31. The van der Waals surface area contributed by atoms with Crippen LogP contribution in [0.25, 0.3) is 11.0 Å². The lowest BCUT2D eigenvalue weighted by atomic mass is 9.80. The molecule has 0 saturated heterocycles. The highest BCUT2D eigenvalue weighted by atomic mass is 16.3. The van der Waals surface area contributed by atoms with Crippen molar-refractivity contribution < 1.29 is 4.42 Å². The zero-order chi connectivity index (χ0) is 13.9. The third kappa shape index (κ3) is 3.01.